The summed E-state index contributed by atoms with van der Waals surface area (Å²) in [6.07, 6.45) is 13.1. The number of halogens is 1. The summed E-state index contributed by atoms with van der Waals surface area (Å²) >= 11 is 0. The largest absolute Gasteiger partial charge is 0.497 e. The van der Waals surface area contributed by atoms with Crippen molar-refractivity contribution in [3.63, 3.8) is 0 Å². The molecule has 0 spiro atoms. The molecule has 166 valence electrons. The van der Waals surface area contributed by atoms with Gasteiger partial charge in [-0.1, -0.05) is 12.1 Å². The van der Waals surface area contributed by atoms with Crippen LogP contribution in [0.2, 0.25) is 0 Å². The molecule has 2 saturated carbocycles. The van der Waals surface area contributed by atoms with Gasteiger partial charge in [0.25, 0.3) is 0 Å². The van der Waals surface area contributed by atoms with Crippen LogP contribution < -0.4 is 9.47 Å². The van der Waals surface area contributed by atoms with Gasteiger partial charge >= 0.3 is 0 Å². The van der Waals surface area contributed by atoms with E-state index in [0.717, 1.165) is 61.7 Å². The quantitative estimate of drug-likeness (QED) is 0.420. The van der Waals surface area contributed by atoms with Crippen molar-refractivity contribution in [1.82, 2.24) is 0 Å². The lowest BCUT2D eigenvalue weighted by Crippen LogP contribution is -2.20. The van der Waals surface area contributed by atoms with Gasteiger partial charge in [0, 0.05) is 6.42 Å². The van der Waals surface area contributed by atoms with E-state index in [2.05, 4.69) is 24.1 Å². The summed E-state index contributed by atoms with van der Waals surface area (Å²) in [6, 6.07) is 13.5. The smallest absolute Gasteiger partial charge is 0.126 e. The maximum atomic E-state index is 14.3. The standard InChI is InChI=1S/C27H31FO2.H2S/c1-3-5-25(20-12-13-20)22-6-4-7-24(16-22)30-18-19-8-10-21(11-9-19)26-17-23(29-2)14-15-27(26)28;/h1,4,6-7,14-17,19-21,25H,5,8-13,18H2,2H3;1H2/t19?,21?,25-;/m0./s1. The predicted molar refractivity (Wildman–Crippen MR) is 129 cm³/mol. The molecule has 0 aliphatic heterocycles. The lowest BCUT2D eigenvalue weighted by atomic mass is 9.79. The maximum absolute atomic E-state index is 14.3. The van der Waals surface area contributed by atoms with Crippen LogP contribution in [0.15, 0.2) is 42.5 Å². The Morgan fingerprint density at radius 2 is 1.81 bits per heavy atom. The summed E-state index contributed by atoms with van der Waals surface area (Å²) in [5, 5.41) is 0. The van der Waals surface area contributed by atoms with Gasteiger partial charge in [-0.05, 0) is 104 Å². The molecule has 2 aromatic carbocycles. The van der Waals surface area contributed by atoms with Crippen LogP contribution in [0.25, 0.3) is 0 Å². The van der Waals surface area contributed by atoms with Crippen molar-refractivity contribution in [1.29, 1.82) is 0 Å². The Labute approximate surface area is 193 Å². The fourth-order valence-electron chi connectivity index (χ4n) is 4.83. The van der Waals surface area contributed by atoms with E-state index in [-0.39, 0.29) is 25.2 Å². The van der Waals surface area contributed by atoms with E-state index in [4.69, 9.17) is 15.9 Å². The Morgan fingerprint density at radius 3 is 2.48 bits per heavy atom. The summed E-state index contributed by atoms with van der Waals surface area (Å²) in [5.41, 5.74) is 2.10. The van der Waals surface area contributed by atoms with Gasteiger partial charge < -0.3 is 9.47 Å². The highest BCUT2D eigenvalue weighted by molar-refractivity contribution is 7.59. The molecule has 2 fully saturated rings. The number of benzene rings is 2. The minimum atomic E-state index is -0.121. The van der Waals surface area contributed by atoms with E-state index in [0.29, 0.717) is 11.8 Å². The zero-order valence-corrected chi connectivity index (χ0v) is 19.3. The number of rotatable bonds is 8. The first kappa shape index (κ1) is 23.5. The summed E-state index contributed by atoms with van der Waals surface area (Å²) in [5.74, 6) is 6.38. The highest BCUT2D eigenvalue weighted by Gasteiger charge is 2.32. The van der Waals surface area contributed by atoms with Gasteiger partial charge in [-0.15, -0.1) is 12.3 Å². The SMILES string of the molecule is C#CC[C@H](c1cccc(OCC2CCC(c3cc(OC)ccc3F)CC2)c1)C1CC1.S. The Bertz CT molecular complexity index is 894. The van der Waals surface area contributed by atoms with Crippen LogP contribution in [0, 0.1) is 30.0 Å². The second-order valence-electron chi connectivity index (χ2n) is 8.84. The molecule has 2 aliphatic rings. The Kier molecular flexibility index (Phi) is 8.32. The van der Waals surface area contributed by atoms with Gasteiger partial charge in [-0.25, -0.2) is 4.39 Å². The first-order valence-electron chi connectivity index (χ1n) is 11.2. The molecular weight excluding hydrogens is 407 g/mol. The van der Waals surface area contributed by atoms with Crippen LogP contribution in [0.4, 0.5) is 4.39 Å². The minimum Gasteiger partial charge on any atom is -0.497 e. The van der Waals surface area contributed by atoms with Crippen molar-refractivity contribution < 1.29 is 13.9 Å². The average Bonchev–Trinajstić information content (AvgIpc) is 3.62. The van der Waals surface area contributed by atoms with Gasteiger partial charge in [0.1, 0.15) is 17.3 Å². The number of terminal acetylenes is 1. The lowest BCUT2D eigenvalue weighted by molar-refractivity contribution is 0.199. The molecule has 2 aromatic rings. The molecule has 0 radical (unpaired) electrons. The zero-order valence-electron chi connectivity index (χ0n) is 18.3. The number of hydrogen-bond donors (Lipinski definition) is 0. The van der Waals surface area contributed by atoms with Crippen molar-refractivity contribution in [3.05, 3.63) is 59.4 Å². The molecule has 4 rings (SSSR count). The number of methoxy groups -OCH3 is 1. The van der Waals surface area contributed by atoms with E-state index in [9.17, 15) is 4.39 Å². The molecular formula is C27H33FO2S. The molecule has 0 amide bonds. The summed E-state index contributed by atoms with van der Waals surface area (Å²) < 4.78 is 25.7. The lowest BCUT2D eigenvalue weighted by Gasteiger charge is -2.29. The van der Waals surface area contributed by atoms with Crippen molar-refractivity contribution in [2.24, 2.45) is 11.8 Å². The Balaban J connectivity index is 0.00000272. The van der Waals surface area contributed by atoms with Crippen LogP contribution >= 0.6 is 13.5 Å². The van der Waals surface area contributed by atoms with Gasteiger partial charge in [0.2, 0.25) is 0 Å². The van der Waals surface area contributed by atoms with Gasteiger partial charge in [0.15, 0.2) is 0 Å². The van der Waals surface area contributed by atoms with Gasteiger partial charge in [0.05, 0.1) is 13.7 Å². The molecule has 0 bridgehead atoms. The summed E-state index contributed by atoms with van der Waals surface area (Å²) in [6.45, 7) is 0.722. The Hall–Kier alpha value is -2.12. The minimum absolute atomic E-state index is 0. The molecule has 1 atom stereocenters. The molecule has 0 saturated heterocycles. The first-order chi connectivity index (χ1) is 14.7. The predicted octanol–water partition coefficient (Wildman–Crippen LogP) is 6.82. The monoisotopic (exact) mass is 440 g/mol. The molecule has 2 nitrogen and oxygen atoms in total. The van der Waals surface area contributed by atoms with E-state index >= 15 is 0 Å². The number of ether oxygens (including phenoxy) is 2. The van der Waals surface area contributed by atoms with Crippen LogP contribution in [-0.2, 0) is 0 Å². The third-order valence-electron chi connectivity index (χ3n) is 6.79. The first-order valence-corrected chi connectivity index (χ1v) is 11.2. The average molecular weight is 441 g/mol. The van der Waals surface area contributed by atoms with Crippen LogP contribution in [0.5, 0.6) is 11.5 Å². The molecule has 4 heteroatoms. The van der Waals surface area contributed by atoms with Crippen LogP contribution in [-0.4, -0.2) is 13.7 Å². The van der Waals surface area contributed by atoms with Gasteiger partial charge in [-0.3, -0.25) is 0 Å². The fraction of sp³-hybridized carbons (Fsp3) is 0.481. The Morgan fingerprint density at radius 1 is 1.03 bits per heavy atom. The van der Waals surface area contributed by atoms with E-state index in [1.54, 1.807) is 13.2 Å². The maximum Gasteiger partial charge on any atom is 0.126 e. The molecule has 0 aromatic heterocycles. The highest BCUT2D eigenvalue weighted by atomic mass is 32.1. The van der Waals surface area contributed by atoms with E-state index in [1.165, 1.54) is 24.5 Å². The van der Waals surface area contributed by atoms with Crippen LogP contribution in [0.3, 0.4) is 0 Å². The van der Waals surface area contributed by atoms with E-state index < -0.39 is 0 Å². The second-order valence-corrected chi connectivity index (χ2v) is 8.84. The molecule has 0 unspecified atom stereocenters. The third-order valence-corrected chi connectivity index (χ3v) is 6.79. The van der Waals surface area contributed by atoms with Crippen molar-refractivity contribution in [2.75, 3.05) is 13.7 Å². The van der Waals surface area contributed by atoms with Crippen molar-refractivity contribution in [3.8, 4) is 23.8 Å². The second kappa shape index (κ2) is 11.0. The summed E-state index contributed by atoms with van der Waals surface area (Å²) in [7, 11) is 1.62. The topological polar surface area (TPSA) is 18.5 Å². The van der Waals surface area contributed by atoms with Crippen molar-refractivity contribution >= 4 is 13.5 Å². The van der Waals surface area contributed by atoms with Crippen LogP contribution in [0.1, 0.15) is 67.9 Å². The molecule has 0 heterocycles. The highest BCUT2D eigenvalue weighted by Crippen LogP contribution is 2.45. The third kappa shape index (κ3) is 5.98. The van der Waals surface area contributed by atoms with E-state index in [1.807, 2.05) is 12.1 Å². The van der Waals surface area contributed by atoms with Gasteiger partial charge in [-0.2, -0.15) is 13.5 Å². The fourth-order valence-corrected chi connectivity index (χ4v) is 4.83. The summed E-state index contributed by atoms with van der Waals surface area (Å²) in [4.78, 5) is 0. The number of hydrogen-bond acceptors (Lipinski definition) is 2. The molecule has 0 N–H and O–H groups in total. The van der Waals surface area contributed by atoms with Crippen molar-refractivity contribution in [2.45, 2.75) is 56.8 Å². The normalized spacial score (nSPS) is 21.5. The zero-order chi connectivity index (χ0) is 20.9. The molecule has 31 heavy (non-hydrogen) atoms. The molecule has 2 aliphatic carbocycles.